The van der Waals surface area contributed by atoms with Gasteiger partial charge in [0.15, 0.2) is 0 Å². The summed E-state index contributed by atoms with van der Waals surface area (Å²) >= 11 is 0. The van der Waals surface area contributed by atoms with E-state index >= 15 is 0 Å². The standard InChI is InChI=1S/C19H21N/c1-2-8-16(9-3-1)18-11-6-12-19-17-10-5-4-7-15(17)13-14-20(18)19/h1-5,7-10,18-19H,6,11-14H2. The van der Waals surface area contributed by atoms with E-state index in [-0.39, 0.29) is 0 Å². The van der Waals surface area contributed by atoms with Gasteiger partial charge in [-0.3, -0.25) is 4.90 Å². The van der Waals surface area contributed by atoms with Crippen molar-refractivity contribution in [3.8, 4) is 0 Å². The monoisotopic (exact) mass is 263 g/mol. The maximum Gasteiger partial charge on any atom is 0.0357 e. The molecule has 0 spiro atoms. The van der Waals surface area contributed by atoms with Gasteiger partial charge in [0.25, 0.3) is 0 Å². The van der Waals surface area contributed by atoms with Gasteiger partial charge >= 0.3 is 0 Å². The van der Waals surface area contributed by atoms with E-state index in [1.807, 2.05) is 0 Å². The summed E-state index contributed by atoms with van der Waals surface area (Å²) in [5.41, 5.74) is 4.65. The summed E-state index contributed by atoms with van der Waals surface area (Å²) in [6.45, 7) is 1.21. The van der Waals surface area contributed by atoms with Crippen LogP contribution in [0.2, 0.25) is 0 Å². The predicted molar refractivity (Wildman–Crippen MR) is 82.6 cm³/mol. The molecule has 1 nitrogen and oxygen atoms in total. The molecule has 1 heteroatoms. The van der Waals surface area contributed by atoms with Crippen molar-refractivity contribution in [1.82, 2.24) is 4.90 Å². The maximum absolute atomic E-state index is 2.75. The topological polar surface area (TPSA) is 3.24 Å². The molecule has 2 aromatic carbocycles. The molecule has 0 aromatic heterocycles. The summed E-state index contributed by atoms with van der Waals surface area (Å²) in [6.07, 6.45) is 5.17. The van der Waals surface area contributed by atoms with Gasteiger partial charge in [-0.2, -0.15) is 0 Å². The summed E-state index contributed by atoms with van der Waals surface area (Å²) < 4.78 is 0. The third-order valence-corrected chi connectivity index (χ3v) is 4.99. The molecular formula is C19H21N. The zero-order valence-corrected chi connectivity index (χ0v) is 11.8. The first-order valence-corrected chi connectivity index (χ1v) is 7.82. The molecular weight excluding hydrogens is 242 g/mol. The van der Waals surface area contributed by atoms with E-state index in [4.69, 9.17) is 0 Å². The van der Waals surface area contributed by atoms with Crippen molar-refractivity contribution in [2.45, 2.75) is 37.8 Å². The molecule has 2 aromatic rings. The Morgan fingerprint density at radius 3 is 2.45 bits per heavy atom. The van der Waals surface area contributed by atoms with Crippen LogP contribution in [0.1, 0.15) is 48.0 Å². The average molecular weight is 263 g/mol. The van der Waals surface area contributed by atoms with Crippen LogP contribution in [-0.4, -0.2) is 11.4 Å². The number of hydrogen-bond acceptors (Lipinski definition) is 1. The van der Waals surface area contributed by atoms with Gasteiger partial charge in [-0.15, -0.1) is 0 Å². The Kier molecular flexibility index (Phi) is 3.08. The molecule has 0 saturated carbocycles. The maximum atomic E-state index is 2.75. The number of piperidine rings is 1. The van der Waals surface area contributed by atoms with Gasteiger partial charge in [0.05, 0.1) is 0 Å². The largest absolute Gasteiger partial charge is 0.289 e. The van der Waals surface area contributed by atoms with Crippen molar-refractivity contribution in [3.05, 3.63) is 71.3 Å². The second-order valence-corrected chi connectivity index (χ2v) is 6.06. The van der Waals surface area contributed by atoms with Crippen LogP contribution >= 0.6 is 0 Å². The first kappa shape index (κ1) is 12.2. The van der Waals surface area contributed by atoms with E-state index in [2.05, 4.69) is 59.5 Å². The van der Waals surface area contributed by atoms with E-state index in [0.29, 0.717) is 12.1 Å². The van der Waals surface area contributed by atoms with E-state index in [1.54, 1.807) is 11.1 Å². The fourth-order valence-corrected chi connectivity index (χ4v) is 4.07. The van der Waals surface area contributed by atoms with Gasteiger partial charge in [0.1, 0.15) is 0 Å². The summed E-state index contributed by atoms with van der Waals surface area (Å²) in [6, 6.07) is 21.4. The van der Waals surface area contributed by atoms with Crippen molar-refractivity contribution in [2.24, 2.45) is 0 Å². The highest BCUT2D eigenvalue weighted by Crippen LogP contribution is 2.44. The van der Waals surface area contributed by atoms with Gasteiger partial charge in [0.2, 0.25) is 0 Å². The Morgan fingerprint density at radius 1 is 0.800 bits per heavy atom. The molecule has 2 aliphatic heterocycles. The third kappa shape index (κ3) is 1.97. The fourth-order valence-electron chi connectivity index (χ4n) is 4.07. The molecule has 0 bridgehead atoms. The van der Waals surface area contributed by atoms with Crippen LogP contribution in [0, 0.1) is 0 Å². The molecule has 2 unspecified atom stereocenters. The van der Waals surface area contributed by atoms with Gasteiger partial charge < -0.3 is 0 Å². The Hall–Kier alpha value is -1.60. The van der Waals surface area contributed by atoms with Gasteiger partial charge in [-0.25, -0.2) is 0 Å². The SMILES string of the molecule is c1ccc(C2CCCC3c4ccccc4CCN23)cc1. The lowest BCUT2D eigenvalue weighted by atomic mass is 9.82. The van der Waals surface area contributed by atoms with Crippen LogP contribution in [0.4, 0.5) is 0 Å². The Morgan fingerprint density at radius 2 is 1.55 bits per heavy atom. The van der Waals surface area contributed by atoms with Crippen molar-refractivity contribution in [2.75, 3.05) is 6.54 Å². The summed E-state index contributed by atoms with van der Waals surface area (Å²) in [5, 5.41) is 0. The highest BCUT2D eigenvalue weighted by Gasteiger charge is 2.35. The minimum absolute atomic E-state index is 0.614. The van der Waals surface area contributed by atoms with Crippen LogP contribution in [0.25, 0.3) is 0 Å². The molecule has 2 aliphatic rings. The van der Waals surface area contributed by atoms with E-state index in [1.165, 1.54) is 37.8 Å². The lowest BCUT2D eigenvalue weighted by Gasteiger charge is -2.46. The highest BCUT2D eigenvalue weighted by atomic mass is 15.2. The molecule has 0 N–H and O–H groups in total. The van der Waals surface area contributed by atoms with Crippen LogP contribution in [0.15, 0.2) is 54.6 Å². The summed E-state index contributed by atoms with van der Waals surface area (Å²) in [4.78, 5) is 2.75. The Balaban J connectivity index is 1.70. The third-order valence-electron chi connectivity index (χ3n) is 4.99. The highest BCUT2D eigenvalue weighted by molar-refractivity contribution is 5.34. The van der Waals surface area contributed by atoms with Gasteiger partial charge in [-0.05, 0) is 42.4 Å². The Bertz CT molecular complexity index is 590. The van der Waals surface area contributed by atoms with E-state index in [0.717, 1.165) is 0 Å². The Labute approximate surface area is 121 Å². The van der Waals surface area contributed by atoms with Gasteiger partial charge in [-0.1, -0.05) is 54.6 Å². The molecule has 102 valence electrons. The second kappa shape index (κ2) is 5.06. The fraction of sp³-hybridized carbons (Fsp3) is 0.368. The molecule has 1 saturated heterocycles. The lowest BCUT2D eigenvalue weighted by molar-refractivity contribution is 0.0737. The molecule has 4 rings (SSSR count). The van der Waals surface area contributed by atoms with E-state index < -0.39 is 0 Å². The number of hydrogen-bond donors (Lipinski definition) is 0. The number of fused-ring (bicyclic) bond motifs is 3. The zero-order valence-electron chi connectivity index (χ0n) is 11.8. The lowest BCUT2D eigenvalue weighted by Crippen LogP contribution is -2.41. The van der Waals surface area contributed by atoms with Crippen molar-refractivity contribution < 1.29 is 0 Å². The second-order valence-electron chi connectivity index (χ2n) is 6.06. The number of benzene rings is 2. The van der Waals surface area contributed by atoms with Crippen LogP contribution < -0.4 is 0 Å². The number of nitrogens with zero attached hydrogens (tertiary/aromatic N) is 1. The average Bonchev–Trinajstić information content (AvgIpc) is 2.55. The summed E-state index contributed by atoms with van der Waals surface area (Å²) in [5.74, 6) is 0. The van der Waals surface area contributed by atoms with E-state index in [9.17, 15) is 0 Å². The van der Waals surface area contributed by atoms with Crippen molar-refractivity contribution in [3.63, 3.8) is 0 Å². The zero-order chi connectivity index (χ0) is 13.4. The first-order valence-electron chi connectivity index (χ1n) is 7.82. The molecule has 0 aliphatic carbocycles. The molecule has 2 heterocycles. The van der Waals surface area contributed by atoms with Gasteiger partial charge in [0, 0.05) is 18.6 Å². The molecule has 2 atom stereocenters. The molecule has 20 heavy (non-hydrogen) atoms. The normalized spacial score (nSPS) is 25.8. The molecule has 1 fully saturated rings. The minimum Gasteiger partial charge on any atom is -0.289 e. The van der Waals surface area contributed by atoms with Crippen LogP contribution in [0.3, 0.4) is 0 Å². The van der Waals surface area contributed by atoms with Crippen LogP contribution in [-0.2, 0) is 6.42 Å². The predicted octanol–water partition coefficient (Wildman–Crippen LogP) is 4.51. The molecule has 0 radical (unpaired) electrons. The summed E-state index contributed by atoms with van der Waals surface area (Å²) in [7, 11) is 0. The quantitative estimate of drug-likeness (QED) is 0.731. The molecule has 0 amide bonds. The smallest absolute Gasteiger partial charge is 0.0357 e. The van der Waals surface area contributed by atoms with Crippen molar-refractivity contribution in [1.29, 1.82) is 0 Å². The number of rotatable bonds is 1. The first-order chi connectivity index (χ1) is 9.93. The minimum atomic E-state index is 0.614. The van der Waals surface area contributed by atoms with Crippen LogP contribution in [0.5, 0.6) is 0 Å². The van der Waals surface area contributed by atoms with Crippen molar-refractivity contribution >= 4 is 0 Å².